The molecule has 0 spiro atoms. The van der Waals surface area contributed by atoms with Crippen molar-refractivity contribution < 1.29 is 4.74 Å². The van der Waals surface area contributed by atoms with Gasteiger partial charge in [0.05, 0.1) is 0 Å². The number of nitriles is 1. The van der Waals surface area contributed by atoms with E-state index in [0.717, 1.165) is 22.0 Å². The predicted octanol–water partition coefficient (Wildman–Crippen LogP) is 5.59. The maximum Gasteiger partial charge on any atom is 0.146 e. The minimum atomic E-state index is 0.375. The zero-order chi connectivity index (χ0) is 15.2. The van der Waals surface area contributed by atoms with Crippen LogP contribution in [0.4, 0.5) is 0 Å². The minimum absolute atomic E-state index is 0.375. The van der Waals surface area contributed by atoms with Crippen molar-refractivity contribution in [3.63, 3.8) is 0 Å². The molecule has 2 rings (SSSR count). The van der Waals surface area contributed by atoms with E-state index in [1.165, 1.54) is 0 Å². The van der Waals surface area contributed by atoms with Gasteiger partial charge in [0.2, 0.25) is 0 Å². The van der Waals surface area contributed by atoms with Gasteiger partial charge in [-0.3, -0.25) is 0 Å². The summed E-state index contributed by atoms with van der Waals surface area (Å²) in [6.07, 6.45) is 0. The lowest BCUT2D eigenvalue weighted by atomic mass is 10.0. The first-order valence-electron chi connectivity index (χ1n) is 7.10. The summed E-state index contributed by atoms with van der Waals surface area (Å²) in [6, 6.07) is 16.0. The van der Waals surface area contributed by atoms with Crippen LogP contribution in [0, 0.1) is 11.3 Å². The summed E-state index contributed by atoms with van der Waals surface area (Å²) in [4.78, 5) is 0.972. The first-order valence-corrected chi connectivity index (χ1v) is 8.08. The Morgan fingerprint density at radius 3 is 2.48 bits per heavy atom. The van der Waals surface area contributed by atoms with Gasteiger partial charge >= 0.3 is 0 Å². The average Bonchev–Trinajstić information content (AvgIpc) is 2.48. The second-order valence-electron chi connectivity index (χ2n) is 4.97. The van der Waals surface area contributed by atoms with Gasteiger partial charge in [-0.15, -0.1) is 11.8 Å². The number of benzene rings is 2. The van der Waals surface area contributed by atoms with E-state index in [1.54, 1.807) is 11.8 Å². The molecule has 108 valence electrons. The van der Waals surface area contributed by atoms with Crippen LogP contribution in [0.25, 0.3) is 0 Å². The quantitative estimate of drug-likeness (QED) is 0.675. The molecule has 2 aromatic carbocycles. The Morgan fingerprint density at radius 1 is 1.10 bits per heavy atom. The van der Waals surface area contributed by atoms with Gasteiger partial charge < -0.3 is 4.74 Å². The molecule has 0 saturated carbocycles. The van der Waals surface area contributed by atoms with E-state index < -0.39 is 0 Å². The van der Waals surface area contributed by atoms with Crippen LogP contribution >= 0.6 is 11.8 Å². The molecule has 0 unspecified atom stereocenters. The largest absolute Gasteiger partial charge is 0.456 e. The van der Waals surface area contributed by atoms with Crippen molar-refractivity contribution in [2.75, 3.05) is 5.75 Å². The summed E-state index contributed by atoms with van der Waals surface area (Å²) in [5.41, 5.74) is 1.76. The second-order valence-corrected chi connectivity index (χ2v) is 6.27. The summed E-state index contributed by atoms with van der Waals surface area (Å²) < 4.78 is 6.04. The molecule has 0 atom stereocenters. The highest BCUT2D eigenvalue weighted by Gasteiger charge is 2.13. The summed E-state index contributed by atoms with van der Waals surface area (Å²) in [5, 5.41) is 9.44. The van der Waals surface area contributed by atoms with Crippen LogP contribution in [0.2, 0.25) is 0 Å². The van der Waals surface area contributed by atoms with Crippen molar-refractivity contribution in [1.29, 1.82) is 5.26 Å². The van der Waals surface area contributed by atoms with Crippen molar-refractivity contribution in [3.8, 4) is 17.6 Å². The fourth-order valence-corrected chi connectivity index (χ4v) is 2.93. The maximum atomic E-state index is 9.44. The van der Waals surface area contributed by atoms with Crippen molar-refractivity contribution >= 4 is 11.8 Å². The van der Waals surface area contributed by atoms with E-state index in [1.807, 2.05) is 36.4 Å². The van der Waals surface area contributed by atoms with Crippen molar-refractivity contribution in [2.45, 2.75) is 31.6 Å². The average molecular weight is 297 g/mol. The number of nitrogens with zero attached hydrogens (tertiary/aromatic N) is 1. The molecule has 2 nitrogen and oxygen atoms in total. The standard InChI is InChI=1S/C18H19NOS/c1-4-21-18-11-7-10-17(15(18)12-19)20-16-9-6-5-8-14(16)13(2)3/h5-11,13H,4H2,1-3H3. The van der Waals surface area contributed by atoms with Crippen LogP contribution in [0.3, 0.4) is 0 Å². The molecule has 3 heteroatoms. The second kappa shape index (κ2) is 7.19. The molecule has 0 radical (unpaired) electrons. The SMILES string of the molecule is CCSc1cccc(Oc2ccccc2C(C)C)c1C#N. The van der Waals surface area contributed by atoms with E-state index in [9.17, 15) is 5.26 Å². The summed E-state index contributed by atoms with van der Waals surface area (Å²) in [7, 11) is 0. The third-order valence-electron chi connectivity index (χ3n) is 3.16. The molecule has 0 saturated heterocycles. The number of ether oxygens (including phenoxy) is 1. The molecule has 0 aromatic heterocycles. The Hall–Kier alpha value is -1.92. The molecular weight excluding hydrogens is 278 g/mol. The number of hydrogen-bond acceptors (Lipinski definition) is 3. The van der Waals surface area contributed by atoms with E-state index in [2.05, 4.69) is 32.9 Å². The Kier molecular flexibility index (Phi) is 5.30. The van der Waals surface area contributed by atoms with Gasteiger partial charge in [-0.05, 0) is 35.4 Å². The highest BCUT2D eigenvalue weighted by Crippen LogP contribution is 2.35. The molecule has 0 aliphatic rings. The summed E-state index contributed by atoms with van der Waals surface area (Å²) in [6.45, 7) is 6.35. The van der Waals surface area contributed by atoms with Crippen LogP contribution in [-0.4, -0.2) is 5.75 Å². The van der Waals surface area contributed by atoms with Gasteiger partial charge in [0.25, 0.3) is 0 Å². The fraction of sp³-hybridized carbons (Fsp3) is 0.278. The minimum Gasteiger partial charge on any atom is -0.456 e. The maximum absolute atomic E-state index is 9.44. The lowest BCUT2D eigenvalue weighted by Crippen LogP contribution is -1.96. The van der Waals surface area contributed by atoms with Crippen molar-refractivity contribution in [2.24, 2.45) is 0 Å². The Morgan fingerprint density at radius 2 is 1.81 bits per heavy atom. The van der Waals surface area contributed by atoms with Crippen LogP contribution in [0.15, 0.2) is 47.4 Å². The van der Waals surface area contributed by atoms with Crippen LogP contribution < -0.4 is 4.74 Å². The lowest BCUT2D eigenvalue weighted by Gasteiger charge is -2.15. The topological polar surface area (TPSA) is 33.0 Å². The predicted molar refractivity (Wildman–Crippen MR) is 88.2 cm³/mol. The number of thioether (sulfide) groups is 1. The van der Waals surface area contributed by atoms with E-state index >= 15 is 0 Å². The van der Waals surface area contributed by atoms with Crippen molar-refractivity contribution in [3.05, 3.63) is 53.6 Å². The third kappa shape index (κ3) is 3.59. The zero-order valence-electron chi connectivity index (χ0n) is 12.6. The Labute approximate surface area is 130 Å². The number of rotatable bonds is 5. The van der Waals surface area contributed by atoms with E-state index in [-0.39, 0.29) is 0 Å². The molecule has 0 N–H and O–H groups in total. The van der Waals surface area contributed by atoms with Crippen molar-refractivity contribution in [1.82, 2.24) is 0 Å². The molecule has 2 aromatic rings. The molecule has 0 heterocycles. The highest BCUT2D eigenvalue weighted by atomic mass is 32.2. The Bertz CT molecular complexity index is 659. The van der Waals surface area contributed by atoms with Gasteiger partial charge in [-0.25, -0.2) is 0 Å². The van der Waals surface area contributed by atoms with Gasteiger partial charge in [0, 0.05) is 4.90 Å². The van der Waals surface area contributed by atoms with Crippen LogP contribution in [0.1, 0.15) is 37.8 Å². The van der Waals surface area contributed by atoms with E-state index in [4.69, 9.17) is 4.74 Å². The van der Waals surface area contributed by atoms with Gasteiger partial charge in [-0.1, -0.05) is 45.0 Å². The first kappa shape index (κ1) is 15.5. The highest BCUT2D eigenvalue weighted by molar-refractivity contribution is 7.99. The number of hydrogen-bond donors (Lipinski definition) is 0. The third-order valence-corrected chi connectivity index (χ3v) is 4.10. The van der Waals surface area contributed by atoms with Gasteiger partial charge in [-0.2, -0.15) is 5.26 Å². The molecular formula is C18H19NOS. The first-order chi connectivity index (χ1) is 10.2. The van der Waals surface area contributed by atoms with Crippen LogP contribution in [-0.2, 0) is 0 Å². The van der Waals surface area contributed by atoms with Gasteiger partial charge in [0.1, 0.15) is 23.1 Å². The lowest BCUT2D eigenvalue weighted by molar-refractivity contribution is 0.470. The summed E-state index contributed by atoms with van der Waals surface area (Å²) >= 11 is 1.66. The molecule has 21 heavy (non-hydrogen) atoms. The monoisotopic (exact) mass is 297 g/mol. The van der Waals surface area contributed by atoms with E-state index in [0.29, 0.717) is 17.2 Å². The van der Waals surface area contributed by atoms with Gasteiger partial charge in [0.15, 0.2) is 0 Å². The Balaban J connectivity index is 2.41. The van der Waals surface area contributed by atoms with Crippen LogP contribution in [0.5, 0.6) is 11.5 Å². The fourth-order valence-electron chi connectivity index (χ4n) is 2.15. The smallest absolute Gasteiger partial charge is 0.146 e. The molecule has 0 amide bonds. The number of para-hydroxylation sites is 1. The molecule has 0 bridgehead atoms. The zero-order valence-corrected chi connectivity index (χ0v) is 13.4. The normalized spacial score (nSPS) is 10.4. The molecule has 0 aliphatic heterocycles. The molecule has 0 aliphatic carbocycles. The summed E-state index contributed by atoms with van der Waals surface area (Å²) in [5.74, 6) is 2.76. The molecule has 0 fully saturated rings.